The quantitative estimate of drug-likeness (QED) is 0.173. The van der Waals surface area contributed by atoms with Gasteiger partial charge in [0.05, 0.1) is 27.6 Å². The summed E-state index contributed by atoms with van der Waals surface area (Å²) in [6.07, 6.45) is 0. The lowest BCUT2D eigenvalue weighted by molar-refractivity contribution is 0.633. The average molecular weight is 849 g/mol. The molecule has 0 radical (unpaired) electrons. The highest BCUT2D eigenvalue weighted by molar-refractivity contribution is 6.22. The molecule has 3 aliphatic rings. The van der Waals surface area contributed by atoms with E-state index in [1.54, 1.807) is 0 Å². The monoisotopic (exact) mass is 848 g/mol. The maximum Gasteiger partial charge on any atom is 0.138 e. The van der Waals surface area contributed by atoms with E-state index in [-0.39, 0.29) is 0 Å². The summed E-state index contributed by atoms with van der Waals surface area (Å²) >= 11 is 0. The first-order chi connectivity index (χ1) is 33.2. The molecule has 0 N–H and O–H groups in total. The minimum absolute atomic E-state index is 0.503. The lowest BCUT2D eigenvalue weighted by atomic mass is 9.52. The Morgan fingerprint density at radius 1 is 0.299 bits per heavy atom. The van der Waals surface area contributed by atoms with E-state index in [4.69, 9.17) is 4.98 Å². The van der Waals surface area contributed by atoms with Gasteiger partial charge >= 0.3 is 0 Å². The molecule has 0 fully saturated rings. The molecule has 0 bridgehead atoms. The molecule has 2 heteroatoms. The molecule has 2 spiro atoms. The van der Waals surface area contributed by atoms with Gasteiger partial charge in [-0.25, -0.2) is 4.98 Å². The second-order valence-electron chi connectivity index (χ2n) is 18.5. The summed E-state index contributed by atoms with van der Waals surface area (Å²) < 4.78 is 2.46. The van der Waals surface area contributed by atoms with Gasteiger partial charge in [-0.2, -0.15) is 0 Å². The second-order valence-corrected chi connectivity index (χ2v) is 18.5. The van der Waals surface area contributed by atoms with Crippen LogP contribution in [0.25, 0.3) is 83.0 Å². The van der Waals surface area contributed by atoms with Gasteiger partial charge in [0.25, 0.3) is 0 Å². The highest BCUT2D eigenvalue weighted by Gasteiger charge is 2.59. The summed E-state index contributed by atoms with van der Waals surface area (Å²) in [7, 11) is 0. The van der Waals surface area contributed by atoms with Gasteiger partial charge in [-0.05, 0) is 119 Å². The smallest absolute Gasteiger partial charge is 0.138 e. The SMILES string of the molecule is c1ccc(-c2cc(-c3ccccc3)nc(-n3c4cc5c(cc4c4c6ccccc6ccc43)-c3ccccc3C53c4ccccc4C4(c5ccccc5-c5ccccc54)c4ccccc43)c2)cc1. The van der Waals surface area contributed by atoms with Gasteiger partial charge < -0.3 is 0 Å². The van der Waals surface area contributed by atoms with Crippen molar-refractivity contribution in [1.82, 2.24) is 9.55 Å². The van der Waals surface area contributed by atoms with E-state index in [0.29, 0.717) is 0 Å². The zero-order chi connectivity index (χ0) is 43.8. The Bertz CT molecular complexity index is 3890. The van der Waals surface area contributed by atoms with Gasteiger partial charge in [0.2, 0.25) is 0 Å². The average Bonchev–Trinajstić information content (AvgIpc) is 4.00. The van der Waals surface area contributed by atoms with Crippen LogP contribution in [0.3, 0.4) is 0 Å². The summed E-state index contributed by atoms with van der Waals surface area (Å²) in [5.74, 6) is 0.891. The molecule has 0 atom stereocenters. The third kappa shape index (κ3) is 4.66. The Morgan fingerprint density at radius 2 is 0.776 bits per heavy atom. The number of fused-ring (bicyclic) bond motifs is 21. The molecule has 10 aromatic carbocycles. The molecular formula is C65H40N2. The summed E-state index contributed by atoms with van der Waals surface area (Å²) in [6, 6.07) is 90.7. The summed E-state index contributed by atoms with van der Waals surface area (Å²) in [4.78, 5) is 5.61. The van der Waals surface area contributed by atoms with Crippen molar-refractivity contribution in [2.24, 2.45) is 0 Å². The third-order valence-corrected chi connectivity index (χ3v) is 15.5. The van der Waals surface area contributed by atoms with Crippen molar-refractivity contribution in [1.29, 1.82) is 0 Å². The van der Waals surface area contributed by atoms with E-state index < -0.39 is 10.8 Å². The number of aromatic nitrogens is 2. The van der Waals surface area contributed by atoms with Gasteiger partial charge in [-0.3, -0.25) is 4.57 Å². The lowest BCUT2D eigenvalue weighted by Gasteiger charge is -2.48. The molecule has 2 aromatic heterocycles. The Balaban J connectivity index is 1.10. The number of benzene rings is 10. The van der Waals surface area contributed by atoms with Gasteiger partial charge in [-0.15, -0.1) is 0 Å². The van der Waals surface area contributed by atoms with Crippen LogP contribution in [0.5, 0.6) is 0 Å². The topological polar surface area (TPSA) is 17.8 Å². The molecule has 0 amide bonds. The van der Waals surface area contributed by atoms with Crippen LogP contribution in [0.2, 0.25) is 0 Å². The maximum atomic E-state index is 5.61. The summed E-state index contributed by atoms with van der Waals surface area (Å²) in [5.41, 5.74) is 21.3. The molecule has 2 heterocycles. The van der Waals surface area contributed by atoms with Crippen molar-refractivity contribution >= 4 is 32.6 Å². The highest BCUT2D eigenvalue weighted by Crippen LogP contribution is 2.67. The van der Waals surface area contributed by atoms with E-state index >= 15 is 0 Å². The number of pyridine rings is 1. The van der Waals surface area contributed by atoms with E-state index in [1.165, 1.54) is 88.3 Å². The molecule has 12 aromatic rings. The van der Waals surface area contributed by atoms with Crippen molar-refractivity contribution in [3.63, 3.8) is 0 Å². The lowest BCUT2D eigenvalue weighted by Crippen LogP contribution is -2.43. The standard InChI is InChI=1S/C65H40N2/c1-3-19-41(20-4-1)44-37-59(43-22-5-2-6-23-43)66-62(38-44)67-60-36-35-42-21-7-8-24-45(42)63(60)50-39-49-48-27-11-14-30-53(48)65(58(49)40-61(50)67)56-33-17-15-31-54(56)64(55-32-16-18-34-57(55)65)51-28-12-9-25-46(51)47-26-10-13-29-52(47)64/h1-40H. The molecule has 0 unspecified atom stereocenters. The van der Waals surface area contributed by atoms with Crippen molar-refractivity contribution < 1.29 is 0 Å². The van der Waals surface area contributed by atoms with Crippen molar-refractivity contribution in [2.45, 2.75) is 10.8 Å². The summed E-state index contributed by atoms with van der Waals surface area (Å²) in [6.45, 7) is 0. The molecule has 310 valence electrons. The van der Waals surface area contributed by atoms with Crippen LogP contribution in [-0.2, 0) is 10.8 Å². The van der Waals surface area contributed by atoms with Gasteiger partial charge in [0.15, 0.2) is 0 Å². The third-order valence-electron chi connectivity index (χ3n) is 15.5. The fourth-order valence-electron chi connectivity index (χ4n) is 12.9. The normalized spacial score (nSPS) is 14.2. The highest BCUT2D eigenvalue weighted by atomic mass is 15.1. The zero-order valence-corrected chi connectivity index (χ0v) is 36.5. The van der Waals surface area contributed by atoms with Crippen LogP contribution in [0, 0.1) is 0 Å². The first-order valence-electron chi connectivity index (χ1n) is 23.4. The molecule has 67 heavy (non-hydrogen) atoms. The van der Waals surface area contributed by atoms with Crippen LogP contribution < -0.4 is 0 Å². The second kappa shape index (κ2) is 13.5. The van der Waals surface area contributed by atoms with Crippen LogP contribution >= 0.6 is 0 Å². The van der Waals surface area contributed by atoms with Gasteiger partial charge in [0.1, 0.15) is 5.82 Å². The van der Waals surface area contributed by atoms with Crippen LogP contribution in [-0.4, -0.2) is 9.55 Å². The molecule has 0 saturated heterocycles. The Kier molecular flexibility index (Phi) is 7.39. The number of hydrogen-bond acceptors (Lipinski definition) is 1. The minimum Gasteiger partial charge on any atom is -0.294 e. The Morgan fingerprint density at radius 3 is 1.37 bits per heavy atom. The van der Waals surface area contributed by atoms with E-state index in [0.717, 1.165) is 39.2 Å². The van der Waals surface area contributed by atoms with Crippen LogP contribution in [0.1, 0.15) is 44.5 Å². The molecule has 3 aliphatic carbocycles. The Hall–Kier alpha value is -8.59. The number of rotatable bonds is 3. The fraction of sp³-hybridized carbons (Fsp3) is 0.0308. The fourth-order valence-corrected chi connectivity index (χ4v) is 12.9. The van der Waals surface area contributed by atoms with E-state index in [1.807, 2.05) is 0 Å². The molecule has 0 saturated carbocycles. The van der Waals surface area contributed by atoms with Gasteiger partial charge in [0, 0.05) is 16.3 Å². The number of hydrogen-bond donors (Lipinski definition) is 0. The van der Waals surface area contributed by atoms with E-state index in [2.05, 4.69) is 247 Å². The Labute approximate surface area is 388 Å². The summed E-state index contributed by atoms with van der Waals surface area (Å²) in [5, 5.41) is 4.92. The van der Waals surface area contributed by atoms with Crippen molar-refractivity contribution in [3.8, 4) is 50.5 Å². The van der Waals surface area contributed by atoms with Crippen LogP contribution in [0.15, 0.2) is 243 Å². The van der Waals surface area contributed by atoms with Crippen molar-refractivity contribution in [2.75, 3.05) is 0 Å². The zero-order valence-electron chi connectivity index (χ0n) is 36.5. The first kappa shape index (κ1) is 36.7. The largest absolute Gasteiger partial charge is 0.294 e. The van der Waals surface area contributed by atoms with Crippen LogP contribution in [0.4, 0.5) is 0 Å². The molecule has 15 rings (SSSR count). The molecule has 2 nitrogen and oxygen atoms in total. The molecular weight excluding hydrogens is 809 g/mol. The van der Waals surface area contributed by atoms with Crippen molar-refractivity contribution in [3.05, 3.63) is 287 Å². The minimum atomic E-state index is -0.622. The molecule has 0 aliphatic heterocycles. The predicted octanol–water partition coefficient (Wildman–Crippen LogP) is 15.7. The maximum absolute atomic E-state index is 5.61. The van der Waals surface area contributed by atoms with Gasteiger partial charge in [-0.1, -0.05) is 212 Å². The first-order valence-corrected chi connectivity index (χ1v) is 23.4. The predicted molar refractivity (Wildman–Crippen MR) is 275 cm³/mol. The van der Waals surface area contributed by atoms with E-state index in [9.17, 15) is 0 Å². The number of nitrogens with zero attached hydrogens (tertiary/aromatic N) is 2.